The first-order valence-corrected chi connectivity index (χ1v) is 11.4. The Hall–Kier alpha value is -2.04. The van der Waals surface area contributed by atoms with E-state index in [0.717, 1.165) is 24.8 Å². The van der Waals surface area contributed by atoms with Gasteiger partial charge in [-0.3, -0.25) is 4.99 Å². The van der Waals surface area contributed by atoms with E-state index >= 15 is 0 Å². The largest absolute Gasteiger partial charge is 0.493 e. The zero-order valence-corrected chi connectivity index (χ0v) is 18.2. The molecule has 10 heteroatoms. The smallest absolute Gasteiger partial charge is 0.213 e. The van der Waals surface area contributed by atoms with E-state index in [9.17, 15) is 8.42 Å². The molecule has 1 aliphatic heterocycles. The number of hydrogen-bond donors (Lipinski definition) is 3. The SMILES string of the molecule is CN=C(NCCS(=O)(=O)NCC1CCCCO1)NCc1ccc(OC)c(OC)c1. The predicted molar refractivity (Wildman–Crippen MR) is 113 cm³/mol. The van der Waals surface area contributed by atoms with Crippen LogP contribution in [0.15, 0.2) is 23.2 Å². The van der Waals surface area contributed by atoms with E-state index in [4.69, 9.17) is 14.2 Å². The molecule has 9 nitrogen and oxygen atoms in total. The van der Waals surface area contributed by atoms with Gasteiger partial charge in [0.15, 0.2) is 17.5 Å². The summed E-state index contributed by atoms with van der Waals surface area (Å²) in [5, 5.41) is 6.17. The van der Waals surface area contributed by atoms with Gasteiger partial charge in [0.2, 0.25) is 10.0 Å². The maximum absolute atomic E-state index is 12.2. The first-order chi connectivity index (χ1) is 14.0. The van der Waals surface area contributed by atoms with Crippen LogP contribution in [0.25, 0.3) is 0 Å². The summed E-state index contributed by atoms with van der Waals surface area (Å²) in [6, 6.07) is 5.63. The van der Waals surface area contributed by atoms with Crippen LogP contribution in [-0.4, -0.2) is 67.2 Å². The third-order valence-electron chi connectivity index (χ3n) is 4.60. The van der Waals surface area contributed by atoms with Crippen molar-refractivity contribution in [1.82, 2.24) is 15.4 Å². The molecule has 1 atom stereocenters. The van der Waals surface area contributed by atoms with Crippen LogP contribution < -0.4 is 24.8 Å². The van der Waals surface area contributed by atoms with Crippen LogP contribution in [0.3, 0.4) is 0 Å². The summed E-state index contributed by atoms with van der Waals surface area (Å²) in [4.78, 5) is 4.12. The quantitative estimate of drug-likeness (QED) is 0.374. The van der Waals surface area contributed by atoms with Gasteiger partial charge >= 0.3 is 0 Å². The minimum absolute atomic E-state index is 0.0256. The zero-order chi connectivity index (χ0) is 21.1. The zero-order valence-electron chi connectivity index (χ0n) is 17.4. The Bertz CT molecular complexity index is 764. The Balaban J connectivity index is 1.74. The molecule has 2 rings (SSSR count). The van der Waals surface area contributed by atoms with Crippen LogP contribution in [0, 0.1) is 0 Å². The van der Waals surface area contributed by atoms with Gasteiger partial charge in [-0.25, -0.2) is 13.1 Å². The van der Waals surface area contributed by atoms with Crippen LogP contribution in [-0.2, 0) is 21.3 Å². The van der Waals surface area contributed by atoms with Gasteiger partial charge in [0.25, 0.3) is 0 Å². The summed E-state index contributed by atoms with van der Waals surface area (Å²) in [6.07, 6.45) is 2.99. The van der Waals surface area contributed by atoms with Crippen LogP contribution in [0.4, 0.5) is 0 Å². The van der Waals surface area contributed by atoms with E-state index in [0.29, 0.717) is 37.2 Å². The number of ether oxygens (including phenoxy) is 3. The molecule has 1 aromatic carbocycles. The second-order valence-electron chi connectivity index (χ2n) is 6.70. The van der Waals surface area contributed by atoms with Gasteiger partial charge in [-0.2, -0.15) is 0 Å². The number of benzene rings is 1. The molecule has 3 N–H and O–H groups in total. The van der Waals surface area contributed by atoms with E-state index in [2.05, 4.69) is 20.3 Å². The number of aliphatic imine (C=N–C) groups is 1. The fourth-order valence-corrected chi connectivity index (χ4v) is 3.92. The lowest BCUT2D eigenvalue weighted by Gasteiger charge is -2.22. The maximum Gasteiger partial charge on any atom is 0.213 e. The molecule has 1 aliphatic rings. The topological polar surface area (TPSA) is 110 Å². The second-order valence-corrected chi connectivity index (χ2v) is 8.62. The third kappa shape index (κ3) is 8.08. The standard InChI is InChI=1S/C19H32N4O5S/c1-20-19(22-13-15-7-8-17(26-2)18(12-15)27-3)21-9-11-29(24,25)23-14-16-6-4-5-10-28-16/h7-8,12,16,23H,4-6,9-11,13-14H2,1-3H3,(H2,20,21,22). The van der Waals surface area contributed by atoms with Gasteiger partial charge in [-0.05, 0) is 37.0 Å². The number of nitrogens with zero attached hydrogens (tertiary/aromatic N) is 1. The van der Waals surface area contributed by atoms with Crippen molar-refractivity contribution in [2.24, 2.45) is 4.99 Å². The lowest BCUT2D eigenvalue weighted by atomic mass is 10.1. The summed E-state index contributed by atoms with van der Waals surface area (Å²) in [5.74, 6) is 1.78. The Morgan fingerprint density at radius 1 is 1.21 bits per heavy atom. The summed E-state index contributed by atoms with van der Waals surface area (Å²) in [7, 11) is 1.44. The molecule has 0 amide bonds. The van der Waals surface area contributed by atoms with E-state index in [-0.39, 0.29) is 18.4 Å². The summed E-state index contributed by atoms with van der Waals surface area (Å²) >= 11 is 0. The van der Waals surface area contributed by atoms with Gasteiger partial charge in [0, 0.05) is 33.3 Å². The van der Waals surface area contributed by atoms with Crippen molar-refractivity contribution in [2.45, 2.75) is 31.9 Å². The Kier molecular flexibility index (Phi) is 9.49. The fourth-order valence-electron chi connectivity index (χ4n) is 2.96. The maximum atomic E-state index is 12.2. The monoisotopic (exact) mass is 428 g/mol. The Labute approximate surface area is 173 Å². The molecule has 1 fully saturated rings. The molecule has 0 spiro atoms. The molecular weight excluding hydrogens is 396 g/mol. The number of rotatable bonds is 10. The molecule has 0 radical (unpaired) electrons. The van der Waals surface area contributed by atoms with Crippen molar-refractivity contribution in [2.75, 3.05) is 46.7 Å². The van der Waals surface area contributed by atoms with Crippen molar-refractivity contribution in [3.63, 3.8) is 0 Å². The molecule has 0 aromatic heterocycles. The molecule has 1 unspecified atom stereocenters. The van der Waals surface area contributed by atoms with Gasteiger partial charge in [0.05, 0.1) is 26.1 Å². The van der Waals surface area contributed by atoms with Crippen LogP contribution in [0.5, 0.6) is 11.5 Å². The van der Waals surface area contributed by atoms with Crippen molar-refractivity contribution in [3.8, 4) is 11.5 Å². The van der Waals surface area contributed by atoms with Crippen molar-refractivity contribution >= 4 is 16.0 Å². The molecule has 0 aliphatic carbocycles. The molecule has 29 heavy (non-hydrogen) atoms. The number of hydrogen-bond acceptors (Lipinski definition) is 6. The highest BCUT2D eigenvalue weighted by atomic mass is 32.2. The summed E-state index contributed by atoms with van der Waals surface area (Å²) in [5.41, 5.74) is 0.979. The molecule has 0 saturated carbocycles. The normalized spacial score (nSPS) is 17.6. The van der Waals surface area contributed by atoms with Crippen LogP contribution in [0.1, 0.15) is 24.8 Å². The van der Waals surface area contributed by atoms with Gasteiger partial charge < -0.3 is 24.8 Å². The van der Waals surface area contributed by atoms with Gasteiger partial charge in [-0.15, -0.1) is 0 Å². The lowest BCUT2D eigenvalue weighted by molar-refractivity contribution is 0.0200. The van der Waals surface area contributed by atoms with Crippen molar-refractivity contribution in [1.29, 1.82) is 0 Å². The number of sulfonamides is 1. The number of guanidine groups is 1. The highest BCUT2D eigenvalue weighted by Gasteiger charge is 2.17. The number of nitrogens with one attached hydrogen (secondary N) is 3. The third-order valence-corrected chi connectivity index (χ3v) is 5.95. The van der Waals surface area contributed by atoms with E-state index in [1.54, 1.807) is 21.3 Å². The molecule has 1 saturated heterocycles. The minimum Gasteiger partial charge on any atom is -0.493 e. The van der Waals surface area contributed by atoms with E-state index in [1.165, 1.54) is 0 Å². The molecule has 1 heterocycles. The number of methoxy groups -OCH3 is 2. The molecular formula is C19H32N4O5S. The minimum atomic E-state index is -3.37. The second kappa shape index (κ2) is 11.8. The fraction of sp³-hybridized carbons (Fsp3) is 0.632. The van der Waals surface area contributed by atoms with Gasteiger partial charge in [-0.1, -0.05) is 6.07 Å². The summed E-state index contributed by atoms with van der Waals surface area (Å²) in [6.45, 7) is 1.78. The molecule has 1 aromatic rings. The van der Waals surface area contributed by atoms with E-state index < -0.39 is 10.0 Å². The first-order valence-electron chi connectivity index (χ1n) is 9.71. The van der Waals surface area contributed by atoms with Crippen LogP contribution >= 0.6 is 0 Å². The van der Waals surface area contributed by atoms with E-state index in [1.807, 2.05) is 18.2 Å². The highest BCUT2D eigenvalue weighted by molar-refractivity contribution is 7.89. The predicted octanol–water partition coefficient (Wildman–Crippen LogP) is 0.857. The van der Waals surface area contributed by atoms with Crippen LogP contribution in [0.2, 0.25) is 0 Å². The Morgan fingerprint density at radius 3 is 2.66 bits per heavy atom. The van der Waals surface area contributed by atoms with Crippen molar-refractivity contribution < 1.29 is 22.6 Å². The Morgan fingerprint density at radius 2 is 2.00 bits per heavy atom. The summed E-state index contributed by atoms with van der Waals surface area (Å²) < 4.78 is 43.0. The van der Waals surface area contributed by atoms with Crippen molar-refractivity contribution in [3.05, 3.63) is 23.8 Å². The highest BCUT2D eigenvalue weighted by Crippen LogP contribution is 2.27. The molecule has 0 bridgehead atoms. The lowest BCUT2D eigenvalue weighted by Crippen LogP contribution is -2.42. The first kappa shape index (κ1) is 23.2. The average Bonchev–Trinajstić information content (AvgIpc) is 2.75. The molecule has 164 valence electrons. The average molecular weight is 429 g/mol. The van der Waals surface area contributed by atoms with Gasteiger partial charge in [0.1, 0.15) is 0 Å².